The Labute approximate surface area is 78.1 Å². The standard InChI is InChI=1S/C5H5.CH3.2BrH.Ru/c1-2-4-5-3-1;;;;/h1-3H,4H2;1H3;2*1H;/q2*-1;;;+4/p-2. The van der Waals surface area contributed by atoms with E-state index in [0.29, 0.717) is 13.2 Å². The second-order valence-corrected chi connectivity index (χ2v) is 9.07. The molecule has 1 aliphatic carbocycles. The van der Waals surface area contributed by atoms with Gasteiger partial charge in [0.05, 0.1) is 0 Å². The van der Waals surface area contributed by atoms with Crippen molar-refractivity contribution >= 4 is 27.2 Å². The third kappa shape index (κ3) is 12.3. The van der Waals surface area contributed by atoms with Crippen LogP contribution in [-0.2, 0) is 13.2 Å². The van der Waals surface area contributed by atoms with Gasteiger partial charge in [0.2, 0.25) is 0 Å². The molecule has 0 aromatic carbocycles. The molecule has 0 radical (unpaired) electrons. The van der Waals surface area contributed by atoms with Crippen LogP contribution in [0.5, 0.6) is 0 Å². The summed E-state index contributed by atoms with van der Waals surface area (Å²) in [7, 11) is 0. The Bertz CT molecular complexity index is 79.1. The van der Waals surface area contributed by atoms with Crippen LogP contribution < -0.4 is 0 Å². The maximum atomic E-state index is 3.15. The van der Waals surface area contributed by atoms with Crippen molar-refractivity contribution in [3.63, 3.8) is 0 Å². The fraction of sp³-hybridized carbons (Fsp3) is 0.167. The van der Waals surface area contributed by atoms with Crippen LogP contribution >= 0.6 is 27.2 Å². The van der Waals surface area contributed by atoms with E-state index in [9.17, 15) is 0 Å². The fourth-order valence-electron chi connectivity index (χ4n) is 0.340. The molecule has 0 spiro atoms. The van der Waals surface area contributed by atoms with Gasteiger partial charge in [-0.05, 0) is 0 Å². The van der Waals surface area contributed by atoms with Crippen molar-refractivity contribution in [2.75, 3.05) is 0 Å². The van der Waals surface area contributed by atoms with Gasteiger partial charge in [-0.3, -0.25) is 6.08 Å². The third-order valence-electron chi connectivity index (χ3n) is 0.586. The Balaban J connectivity index is 0. The van der Waals surface area contributed by atoms with Crippen molar-refractivity contribution in [1.29, 1.82) is 0 Å². The quantitative estimate of drug-likeness (QED) is 0.468. The molecule has 0 saturated carbocycles. The van der Waals surface area contributed by atoms with Gasteiger partial charge in [0, 0.05) is 0 Å². The Kier molecular flexibility index (Phi) is 16.7. The summed E-state index contributed by atoms with van der Waals surface area (Å²) in [5.41, 5.74) is 0. The van der Waals surface area contributed by atoms with Gasteiger partial charge in [-0.25, -0.2) is 12.2 Å². The van der Waals surface area contributed by atoms with E-state index >= 15 is 0 Å². The average Bonchev–Trinajstić information content (AvgIpc) is 2.17. The zero-order chi connectivity index (χ0) is 6.24. The van der Waals surface area contributed by atoms with Crippen molar-refractivity contribution in [3.05, 3.63) is 31.7 Å². The van der Waals surface area contributed by atoms with Crippen molar-refractivity contribution < 1.29 is 13.2 Å². The first-order valence-corrected chi connectivity index (χ1v) is 9.93. The van der Waals surface area contributed by atoms with Crippen LogP contribution in [0.1, 0.15) is 6.42 Å². The number of rotatable bonds is 0. The summed E-state index contributed by atoms with van der Waals surface area (Å²) in [4.78, 5) is 0. The summed E-state index contributed by atoms with van der Waals surface area (Å²) >= 11 is 6.64. The largest absolute Gasteiger partial charge is 0.358 e. The molecule has 1 rings (SSSR count). The molecule has 1 aliphatic rings. The second kappa shape index (κ2) is 11.8. The van der Waals surface area contributed by atoms with Gasteiger partial charge in [0.25, 0.3) is 0 Å². The zero-order valence-electron chi connectivity index (χ0n) is 5.05. The molecule has 0 aromatic heterocycles. The molecule has 0 heterocycles. The zero-order valence-corrected chi connectivity index (χ0v) is 9.96. The first-order chi connectivity index (χ1) is 3.91. The molecule has 54 valence electrons. The van der Waals surface area contributed by atoms with Crippen LogP contribution in [0.15, 0.2) is 18.2 Å². The molecule has 0 N–H and O–H groups in total. The third-order valence-corrected chi connectivity index (χ3v) is 0.586. The Hall–Kier alpha value is 1.06. The van der Waals surface area contributed by atoms with Crippen molar-refractivity contribution in [3.8, 4) is 0 Å². The molecule has 0 saturated heterocycles. The molecule has 0 nitrogen and oxygen atoms in total. The summed E-state index contributed by atoms with van der Waals surface area (Å²) in [6.07, 6.45) is 10.0. The summed E-state index contributed by atoms with van der Waals surface area (Å²) in [5, 5.41) is 0. The molecule has 0 aliphatic heterocycles. The topological polar surface area (TPSA) is 0 Å². The molecular formula is C6H8Br2Ru. The van der Waals surface area contributed by atoms with E-state index in [4.69, 9.17) is 0 Å². The van der Waals surface area contributed by atoms with Crippen molar-refractivity contribution in [1.82, 2.24) is 0 Å². The monoisotopic (exact) mass is 340 g/mol. The first kappa shape index (κ1) is 12.7. The summed E-state index contributed by atoms with van der Waals surface area (Å²) < 4.78 is 0. The number of hydrogen-bond acceptors (Lipinski definition) is 0. The van der Waals surface area contributed by atoms with Gasteiger partial charge >= 0.3 is 40.5 Å². The van der Waals surface area contributed by atoms with Crippen LogP contribution in [-0.4, -0.2) is 0 Å². The Morgan fingerprint density at radius 2 is 2.00 bits per heavy atom. The summed E-state index contributed by atoms with van der Waals surface area (Å²) in [6.45, 7) is 0. The molecule has 9 heavy (non-hydrogen) atoms. The molecule has 0 unspecified atom stereocenters. The van der Waals surface area contributed by atoms with Gasteiger partial charge in [0.1, 0.15) is 0 Å². The van der Waals surface area contributed by atoms with E-state index in [1.54, 1.807) is 0 Å². The smallest absolute Gasteiger partial charge is 0.109 e. The van der Waals surface area contributed by atoms with Gasteiger partial charge in [-0.2, -0.15) is 6.08 Å². The van der Waals surface area contributed by atoms with E-state index in [0.717, 1.165) is 6.42 Å². The van der Waals surface area contributed by atoms with Crippen molar-refractivity contribution in [2.45, 2.75) is 6.42 Å². The summed E-state index contributed by atoms with van der Waals surface area (Å²) in [5.74, 6) is 0. The minimum atomic E-state index is 0. The predicted molar refractivity (Wildman–Crippen MR) is 45.8 cm³/mol. The van der Waals surface area contributed by atoms with Crippen LogP contribution in [0.25, 0.3) is 0 Å². The van der Waals surface area contributed by atoms with Crippen LogP contribution in [0.2, 0.25) is 0 Å². The van der Waals surface area contributed by atoms with Crippen molar-refractivity contribution in [2.24, 2.45) is 0 Å². The molecule has 0 bridgehead atoms. The number of hydrogen-bond donors (Lipinski definition) is 0. The van der Waals surface area contributed by atoms with Crippen LogP contribution in [0.3, 0.4) is 0 Å². The van der Waals surface area contributed by atoms with Gasteiger partial charge in [-0.15, -0.1) is 6.42 Å². The maximum Gasteiger partial charge on any atom is -0.109 e. The number of allylic oxidation sites excluding steroid dienone is 4. The van der Waals surface area contributed by atoms with E-state index in [1.165, 1.54) is 0 Å². The van der Waals surface area contributed by atoms with Gasteiger partial charge in [0.15, 0.2) is 0 Å². The minimum Gasteiger partial charge on any atom is -0.358 e. The summed E-state index contributed by atoms with van der Waals surface area (Å²) in [6, 6.07) is 0. The first-order valence-electron chi connectivity index (χ1n) is 1.98. The fourth-order valence-corrected chi connectivity index (χ4v) is 0.340. The molecule has 3 heteroatoms. The van der Waals surface area contributed by atoms with Crippen LogP contribution in [0.4, 0.5) is 0 Å². The SMILES string of the molecule is [Br][Ru+2][Br].[C-]1=CC=CC1.[CH3-]. The maximum absolute atomic E-state index is 3.15. The molecule has 0 aromatic rings. The molecule has 0 fully saturated rings. The van der Waals surface area contributed by atoms with Crippen LogP contribution in [0, 0.1) is 13.5 Å². The number of halogens is 2. The predicted octanol–water partition coefficient (Wildman–Crippen LogP) is 3.44. The minimum absolute atomic E-state index is 0. The second-order valence-electron chi connectivity index (χ2n) is 1.05. The van der Waals surface area contributed by atoms with E-state index < -0.39 is 0 Å². The van der Waals surface area contributed by atoms with Gasteiger partial charge in [-0.1, -0.05) is 0 Å². The van der Waals surface area contributed by atoms with E-state index in [1.807, 2.05) is 12.2 Å². The Morgan fingerprint density at radius 3 is 2.11 bits per heavy atom. The average molecular weight is 341 g/mol. The normalized spacial score (nSPS) is 11.8. The molecule has 0 atom stereocenters. The van der Waals surface area contributed by atoms with Gasteiger partial charge < -0.3 is 7.43 Å². The molecule has 0 amide bonds. The van der Waals surface area contributed by atoms with E-state index in [-0.39, 0.29) is 7.43 Å². The molecular weight excluding hydrogens is 333 g/mol. The van der Waals surface area contributed by atoms with E-state index in [2.05, 4.69) is 39.4 Å². The Morgan fingerprint density at radius 1 is 1.44 bits per heavy atom.